The zero-order chi connectivity index (χ0) is 11.1. The number of amides is 1. The van der Waals surface area contributed by atoms with Crippen LogP contribution in [0.15, 0.2) is 24.3 Å². The van der Waals surface area contributed by atoms with E-state index in [2.05, 4.69) is 0 Å². The molecule has 0 aliphatic heterocycles. The van der Waals surface area contributed by atoms with E-state index in [1.54, 1.807) is 0 Å². The summed E-state index contributed by atoms with van der Waals surface area (Å²) in [4.78, 5) is 23.0. The summed E-state index contributed by atoms with van der Waals surface area (Å²) < 4.78 is 12.6. The largest absolute Gasteiger partial charge is 0.369 e. The van der Waals surface area contributed by atoms with Crippen molar-refractivity contribution in [2.24, 2.45) is 11.1 Å². The van der Waals surface area contributed by atoms with E-state index in [1.165, 1.54) is 24.3 Å². The minimum absolute atomic E-state index is 0.296. The summed E-state index contributed by atoms with van der Waals surface area (Å²) in [5.74, 6) is -1.29. The van der Waals surface area contributed by atoms with Gasteiger partial charge in [0, 0.05) is 5.56 Å². The molecule has 0 heterocycles. The molecule has 1 aromatic carbocycles. The Labute approximate surface area is 86.1 Å². The van der Waals surface area contributed by atoms with Crippen LogP contribution in [0, 0.1) is 11.2 Å². The summed E-state index contributed by atoms with van der Waals surface area (Å²) in [5, 5.41) is 0. The third-order valence-corrected chi connectivity index (χ3v) is 2.76. The lowest BCUT2D eigenvalue weighted by Gasteiger charge is -2.08. The van der Waals surface area contributed by atoms with Crippen LogP contribution in [0.1, 0.15) is 23.2 Å². The molecule has 15 heavy (non-hydrogen) atoms. The van der Waals surface area contributed by atoms with Gasteiger partial charge >= 0.3 is 0 Å². The summed E-state index contributed by atoms with van der Waals surface area (Å²) in [7, 11) is 0. The molecule has 0 radical (unpaired) electrons. The monoisotopic (exact) mass is 207 g/mol. The van der Waals surface area contributed by atoms with E-state index in [0.29, 0.717) is 18.4 Å². The third kappa shape index (κ3) is 1.52. The number of rotatable bonds is 3. The molecular formula is C11H10FNO2. The number of Topliss-reactive ketones (excluding diaryl/α,β-unsaturated/α-hetero) is 1. The number of hydrogen-bond donors (Lipinski definition) is 1. The van der Waals surface area contributed by atoms with Crippen LogP contribution in [0.25, 0.3) is 0 Å². The normalized spacial score (nSPS) is 17.1. The molecule has 0 atom stereocenters. The van der Waals surface area contributed by atoms with Crippen molar-refractivity contribution in [1.29, 1.82) is 0 Å². The Kier molecular flexibility index (Phi) is 2.07. The standard InChI is InChI=1S/C11H10FNO2/c12-8-3-1-7(2-4-8)9(14)11(5-6-11)10(13)15/h1-4H,5-6H2,(H2,13,15). The van der Waals surface area contributed by atoms with Gasteiger partial charge in [0.25, 0.3) is 0 Å². The number of benzene rings is 1. The lowest BCUT2D eigenvalue weighted by molar-refractivity contribution is -0.121. The van der Waals surface area contributed by atoms with E-state index in [-0.39, 0.29) is 5.78 Å². The fourth-order valence-electron chi connectivity index (χ4n) is 1.59. The molecule has 0 spiro atoms. The second-order valence-electron chi connectivity index (χ2n) is 3.78. The average Bonchev–Trinajstić information content (AvgIpc) is 2.98. The molecule has 0 aromatic heterocycles. The SMILES string of the molecule is NC(=O)C1(C(=O)c2ccc(F)cc2)CC1. The zero-order valence-electron chi connectivity index (χ0n) is 8.00. The predicted octanol–water partition coefficient (Wildman–Crippen LogP) is 1.27. The zero-order valence-corrected chi connectivity index (χ0v) is 8.00. The summed E-state index contributed by atoms with van der Waals surface area (Å²) in [6, 6.07) is 5.15. The van der Waals surface area contributed by atoms with Crippen molar-refractivity contribution in [2.75, 3.05) is 0 Å². The fraction of sp³-hybridized carbons (Fsp3) is 0.273. The van der Waals surface area contributed by atoms with Gasteiger partial charge in [-0.3, -0.25) is 9.59 Å². The molecule has 1 aliphatic carbocycles. The highest BCUT2D eigenvalue weighted by molar-refractivity contribution is 6.15. The van der Waals surface area contributed by atoms with Gasteiger partial charge in [-0.1, -0.05) is 0 Å². The first-order valence-electron chi connectivity index (χ1n) is 4.66. The Morgan fingerprint density at radius 1 is 1.20 bits per heavy atom. The van der Waals surface area contributed by atoms with Crippen LogP contribution in [-0.4, -0.2) is 11.7 Å². The smallest absolute Gasteiger partial charge is 0.231 e. The van der Waals surface area contributed by atoms with Gasteiger partial charge < -0.3 is 5.73 Å². The van der Waals surface area contributed by atoms with Crippen molar-refractivity contribution < 1.29 is 14.0 Å². The van der Waals surface area contributed by atoms with Crippen molar-refractivity contribution in [3.63, 3.8) is 0 Å². The Balaban J connectivity index is 2.29. The quantitative estimate of drug-likeness (QED) is 0.599. The second-order valence-corrected chi connectivity index (χ2v) is 3.78. The molecule has 1 amide bonds. The molecule has 0 bridgehead atoms. The van der Waals surface area contributed by atoms with E-state index in [0.717, 1.165) is 0 Å². The molecule has 2 rings (SSSR count). The predicted molar refractivity (Wildman–Crippen MR) is 51.6 cm³/mol. The molecule has 2 N–H and O–H groups in total. The van der Waals surface area contributed by atoms with Crippen molar-refractivity contribution in [2.45, 2.75) is 12.8 Å². The van der Waals surface area contributed by atoms with Gasteiger partial charge in [-0.05, 0) is 37.1 Å². The van der Waals surface area contributed by atoms with Crippen molar-refractivity contribution >= 4 is 11.7 Å². The average molecular weight is 207 g/mol. The number of hydrogen-bond acceptors (Lipinski definition) is 2. The van der Waals surface area contributed by atoms with E-state index < -0.39 is 17.1 Å². The molecule has 1 saturated carbocycles. The van der Waals surface area contributed by atoms with E-state index >= 15 is 0 Å². The first-order chi connectivity index (χ1) is 7.06. The molecule has 1 fully saturated rings. The highest BCUT2D eigenvalue weighted by Crippen LogP contribution is 2.47. The highest BCUT2D eigenvalue weighted by Gasteiger charge is 2.55. The highest BCUT2D eigenvalue weighted by atomic mass is 19.1. The van der Waals surface area contributed by atoms with Crippen LogP contribution < -0.4 is 5.73 Å². The van der Waals surface area contributed by atoms with E-state index in [4.69, 9.17) is 5.73 Å². The number of primary amides is 1. The van der Waals surface area contributed by atoms with Crippen LogP contribution >= 0.6 is 0 Å². The minimum Gasteiger partial charge on any atom is -0.369 e. The van der Waals surface area contributed by atoms with Gasteiger partial charge in [0.15, 0.2) is 5.78 Å². The molecule has 0 saturated heterocycles. The maximum absolute atomic E-state index is 12.6. The first kappa shape index (κ1) is 9.83. The molecule has 78 valence electrons. The van der Waals surface area contributed by atoms with E-state index in [9.17, 15) is 14.0 Å². The topological polar surface area (TPSA) is 60.2 Å². The molecule has 1 aliphatic rings. The minimum atomic E-state index is -1.02. The Bertz CT molecular complexity index is 421. The first-order valence-corrected chi connectivity index (χ1v) is 4.66. The summed E-state index contributed by atoms with van der Waals surface area (Å²) in [5.41, 5.74) is 4.49. The summed E-state index contributed by atoms with van der Waals surface area (Å²) in [6.07, 6.45) is 0.997. The second kappa shape index (κ2) is 3.15. The third-order valence-electron chi connectivity index (χ3n) is 2.76. The van der Waals surface area contributed by atoms with E-state index in [1.807, 2.05) is 0 Å². The van der Waals surface area contributed by atoms with Crippen molar-refractivity contribution in [3.05, 3.63) is 35.6 Å². The molecule has 1 aromatic rings. The molecule has 3 nitrogen and oxygen atoms in total. The number of halogens is 1. The summed E-state index contributed by atoms with van der Waals surface area (Å²) >= 11 is 0. The Hall–Kier alpha value is -1.71. The number of carbonyl (C=O) groups is 2. The van der Waals surface area contributed by atoms with Crippen LogP contribution in [0.5, 0.6) is 0 Å². The van der Waals surface area contributed by atoms with Crippen LogP contribution in [0.3, 0.4) is 0 Å². The van der Waals surface area contributed by atoms with Crippen molar-refractivity contribution in [3.8, 4) is 0 Å². The Morgan fingerprint density at radius 2 is 1.73 bits per heavy atom. The van der Waals surface area contributed by atoms with Gasteiger partial charge in [-0.2, -0.15) is 0 Å². The summed E-state index contributed by atoms with van der Waals surface area (Å²) in [6.45, 7) is 0. The van der Waals surface area contributed by atoms with Crippen molar-refractivity contribution in [1.82, 2.24) is 0 Å². The maximum Gasteiger partial charge on any atom is 0.231 e. The number of nitrogens with two attached hydrogens (primary N) is 1. The maximum atomic E-state index is 12.6. The van der Waals surface area contributed by atoms with Crippen LogP contribution in [-0.2, 0) is 4.79 Å². The fourth-order valence-corrected chi connectivity index (χ4v) is 1.59. The Morgan fingerprint density at radius 3 is 2.13 bits per heavy atom. The lowest BCUT2D eigenvalue weighted by atomic mass is 9.94. The number of ketones is 1. The van der Waals surface area contributed by atoms with Gasteiger partial charge in [0.05, 0.1) is 0 Å². The van der Waals surface area contributed by atoms with Gasteiger partial charge in [-0.25, -0.2) is 4.39 Å². The lowest BCUT2D eigenvalue weighted by Crippen LogP contribution is -2.32. The molecular weight excluding hydrogens is 197 g/mol. The molecule has 4 heteroatoms. The molecule has 0 unspecified atom stereocenters. The van der Waals surface area contributed by atoms with Gasteiger partial charge in [0.2, 0.25) is 5.91 Å². The van der Waals surface area contributed by atoms with Crippen LogP contribution in [0.2, 0.25) is 0 Å². The number of carbonyl (C=O) groups excluding carboxylic acids is 2. The van der Waals surface area contributed by atoms with Gasteiger partial charge in [0.1, 0.15) is 11.2 Å². The van der Waals surface area contributed by atoms with Gasteiger partial charge in [-0.15, -0.1) is 0 Å². The van der Waals surface area contributed by atoms with Crippen LogP contribution in [0.4, 0.5) is 4.39 Å².